The van der Waals surface area contributed by atoms with Gasteiger partial charge in [0.05, 0.1) is 0 Å². The lowest BCUT2D eigenvalue weighted by Crippen LogP contribution is -2.49. The van der Waals surface area contributed by atoms with Gasteiger partial charge in [0, 0.05) is 18.6 Å². The molecule has 0 aliphatic rings. The van der Waals surface area contributed by atoms with E-state index in [1.165, 1.54) is 0 Å². The standard InChI is InChI=1S/C10H14N2O7S/c13-6(10(18)19)1-2-7(14)12-5(4-20)9(17)11-3-8(15)16/h5,20H,1-4H2,(H,11,17)(H,12,14)(H,15,16)(H,18,19)/t5-/m0/s1. The summed E-state index contributed by atoms with van der Waals surface area (Å²) >= 11 is 3.83. The van der Waals surface area contributed by atoms with Gasteiger partial charge in [-0.3, -0.25) is 19.2 Å². The number of carboxylic acid groups (broad SMARTS) is 2. The van der Waals surface area contributed by atoms with E-state index in [-0.39, 0.29) is 12.2 Å². The predicted molar refractivity (Wildman–Crippen MR) is 68.3 cm³/mol. The van der Waals surface area contributed by atoms with Crippen molar-refractivity contribution in [3.63, 3.8) is 0 Å². The Kier molecular flexibility index (Phi) is 7.97. The smallest absolute Gasteiger partial charge is 0.372 e. The molecule has 0 aromatic heterocycles. The van der Waals surface area contributed by atoms with Crippen LogP contribution in [0.25, 0.3) is 0 Å². The van der Waals surface area contributed by atoms with Crippen LogP contribution >= 0.6 is 12.6 Å². The van der Waals surface area contributed by atoms with Gasteiger partial charge in [0.1, 0.15) is 12.6 Å². The number of ketones is 1. The highest BCUT2D eigenvalue weighted by molar-refractivity contribution is 7.80. The molecule has 1 atom stereocenters. The molecule has 0 aliphatic carbocycles. The molecule has 0 heterocycles. The first-order chi connectivity index (χ1) is 9.27. The van der Waals surface area contributed by atoms with Gasteiger partial charge >= 0.3 is 11.9 Å². The van der Waals surface area contributed by atoms with E-state index >= 15 is 0 Å². The Morgan fingerprint density at radius 1 is 1.05 bits per heavy atom. The molecule has 0 radical (unpaired) electrons. The molecule has 0 bridgehead atoms. The Hall–Kier alpha value is -2.10. The van der Waals surface area contributed by atoms with Gasteiger partial charge < -0.3 is 20.8 Å². The number of carbonyl (C=O) groups is 5. The number of amides is 2. The highest BCUT2D eigenvalue weighted by Crippen LogP contribution is 1.95. The van der Waals surface area contributed by atoms with Gasteiger partial charge in [-0.25, -0.2) is 4.79 Å². The Morgan fingerprint density at radius 2 is 1.65 bits per heavy atom. The van der Waals surface area contributed by atoms with Crippen molar-refractivity contribution in [2.24, 2.45) is 0 Å². The first-order valence-corrected chi connectivity index (χ1v) is 6.07. The van der Waals surface area contributed by atoms with Crippen molar-refractivity contribution in [1.82, 2.24) is 10.6 Å². The van der Waals surface area contributed by atoms with E-state index in [9.17, 15) is 24.0 Å². The molecule has 10 heteroatoms. The van der Waals surface area contributed by atoms with Gasteiger partial charge in [0.25, 0.3) is 0 Å². The lowest BCUT2D eigenvalue weighted by molar-refractivity contribution is -0.149. The molecule has 0 aromatic rings. The zero-order valence-corrected chi connectivity index (χ0v) is 11.2. The van der Waals surface area contributed by atoms with E-state index in [2.05, 4.69) is 23.3 Å². The number of hydrogen-bond acceptors (Lipinski definition) is 6. The van der Waals surface area contributed by atoms with Crippen molar-refractivity contribution in [2.75, 3.05) is 12.3 Å². The van der Waals surface area contributed by atoms with Crippen LogP contribution in [0.2, 0.25) is 0 Å². The molecular weight excluding hydrogens is 292 g/mol. The second kappa shape index (κ2) is 8.91. The highest BCUT2D eigenvalue weighted by Gasteiger charge is 2.20. The number of carboxylic acids is 2. The second-order valence-corrected chi connectivity index (χ2v) is 4.01. The highest BCUT2D eigenvalue weighted by atomic mass is 32.1. The minimum atomic E-state index is -1.64. The van der Waals surface area contributed by atoms with Crippen molar-refractivity contribution in [1.29, 1.82) is 0 Å². The normalized spacial score (nSPS) is 11.2. The van der Waals surface area contributed by atoms with Crippen LogP contribution in [0.1, 0.15) is 12.8 Å². The van der Waals surface area contributed by atoms with Crippen molar-refractivity contribution < 1.29 is 34.2 Å². The third-order valence-corrected chi connectivity index (χ3v) is 2.43. The number of carbonyl (C=O) groups excluding carboxylic acids is 3. The van der Waals surface area contributed by atoms with Crippen molar-refractivity contribution in [3.8, 4) is 0 Å². The summed E-state index contributed by atoms with van der Waals surface area (Å²) in [6.45, 7) is -0.601. The average molecular weight is 306 g/mol. The molecule has 0 aliphatic heterocycles. The summed E-state index contributed by atoms with van der Waals surface area (Å²) in [7, 11) is 0. The summed E-state index contributed by atoms with van der Waals surface area (Å²) in [6, 6.07) is -1.06. The average Bonchev–Trinajstić information content (AvgIpc) is 2.38. The number of nitrogens with one attached hydrogen (secondary N) is 2. The van der Waals surface area contributed by atoms with Crippen LogP contribution < -0.4 is 10.6 Å². The van der Waals surface area contributed by atoms with E-state index in [4.69, 9.17) is 10.2 Å². The first-order valence-electron chi connectivity index (χ1n) is 5.43. The first kappa shape index (κ1) is 17.9. The monoisotopic (exact) mass is 306 g/mol. The van der Waals surface area contributed by atoms with Gasteiger partial charge in [-0.2, -0.15) is 12.6 Å². The Balaban J connectivity index is 4.24. The fourth-order valence-corrected chi connectivity index (χ4v) is 1.34. The number of Topliss-reactive ketones (excluding diaryl/α,β-unsaturated/α-hetero) is 1. The second-order valence-electron chi connectivity index (χ2n) is 3.64. The Labute approximate surface area is 119 Å². The minimum absolute atomic E-state index is 0.0793. The summed E-state index contributed by atoms with van der Waals surface area (Å²) in [5, 5.41) is 21.0. The maximum Gasteiger partial charge on any atom is 0.372 e. The predicted octanol–water partition coefficient (Wildman–Crippen LogP) is -1.96. The van der Waals surface area contributed by atoms with Crippen molar-refractivity contribution in [2.45, 2.75) is 18.9 Å². The largest absolute Gasteiger partial charge is 0.480 e. The van der Waals surface area contributed by atoms with Crippen LogP contribution in [0.3, 0.4) is 0 Å². The molecule has 0 spiro atoms. The summed E-state index contributed by atoms with van der Waals surface area (Å²) in [5.74, 6) is -5.51. The van der Waals surface area contributed by atoms with E-state index in [0.717, 1.165) is 0 Å². The molecule has 0 rings (SSSR count). The minimum Gasteiger partial charge on any atom is -0.480 e. The summed E-state index contributed by atoms with van der Waals surface area (Å²) in [5.41, 5.74) is 0. The lowest BCUT2D eigenvalue weighted by Gasteiger charge is -2.15. The van der Waals surface area contributed by atoms with E-state index in [0.29, 0.717) is 0 Å². The third kappa shape index (κ3) is 7.36. The quantitative estimate of drug-likeness (QED) is 0.245. The van der Waals surface area contributed by atoms with Crippen LogP contribution in [0.5, 0.6) is 0 Å². The zero-order valence-electron chi connectivity index (χ0n) is 10.3. The maximum atomic E-state index is 11.5. The van der Waals surface area contributed by atoms with Crippen LogP contribution in [-0.4, -0.2) is 58.1 Å². The topological polar surface area (TPSA) is 150 Å². The van der Waals surface area contributed by atoms with E-state index in [1.807, 2.05) is 0 Å². The Morgan fingerprint density at radius 3 is 2.10 bits per heavy atom. The molecule has 2 amide bonds. The third-order valence-electron chi connectivity index (χ3n) is 2.07. The van der Waals surface area contributed by atoms with Crippen molar-refractivity contribution >= 4 is 42.2 Å². The molecule has 0 unspecified atom stereocenters. The molecule has 9 nitrogen and oxygen atoms in total. The van der Waals surface area contributed by atoms with Gasteiger partial charge in [-0.15, -0.1) is 0 Å². The van der Waals surface area contributed by atoms with Crippen LogP contribution in [0, 0.1) is 0 Å². The Bertz CT molecular complexity index is 424. The zero-order chi connectivity index (χ0) is 15.7. The van der Waals surface area contributed by atoms with Crippen LogP contribution in [-0.2, 0) is 24.0 Å². The molecule has 0 fully saturated rings. The SMILES string of the molecule is O=C(O)CNC(=O)[C@H](CS)NC(=O)CCC(=O)C(=O)O. The fourth-order valence-electron chi connectivity index (χ4n) is 1.08. The number of thiol groups is 1. The van der Waals surface area contributed by atoms with E-state index < -0.39 is 48.5 Å². The van der Waals surface area contributed by atoms with Gasteiger partial charge in [0.15, 0.2) is 0 Å². The molecule has 0 saturated carbocycles. The summed E-state index contributed by atoms with van der Waals surface area (Å²) in [6.07, 6.45) is -0.876. The maximum absolute atomic E-state index is 11.5. The molecule has 0 saturated heterocycles. The molecule has 112 valence electrons. The van der Waals surface area contributed by atoms with Gasteiger partial charge in [-0.1, -0.05) is 0 Å². The summed E-state index contributed by atoms with van der Waals surface area (Å²) in [4.78, 5) is 54.1. The molecular formula is C10H14N2O7S. The molecule has 0 aromatic carbocycles. The van der Waals surface area contributed by atoms with Gasteiger partial charge in [-0.05, 0) is 0 Å². The fraction of sp³-hybridized carbons (Fsp3) is 0.500. The molecule has 4 N–H and O–H groups in total. The van der Waals surface area contributed by atoms with Gasteiger partial charge in [0.2, 0.25) is 17.6 Å². The molecule has 20 heavy (non-hydrogen) atoms. The van der Waals surface area contributed by atoms with Crippen molar-refractivity contribution in [3.05, 3.63) is 0 Å². The number of rotatable bonds is 9. The summed E-state index contributed by atoms with van der Waals surface area (Å²) < 4.78 is 0. The van der Waals surface area contributed by atoms with E-state index in [1.54, 1.807) is 0 Å². The van der Waals surface area contributed by atoms with Crippen LogP contribution in [0.15, 0.2) is 0 Å². The number of hydrogen-bond donors (Lipinski definition) is 5. The number of aliphatic carboxylic acids is 2. The van der Waals surface area contributed by atoms with Crippen LogP contribution in [0.4, 0.5) is 0 Å². The lowest BCUT2D eigenvalue weighted by atomic mass is 10.2.